The van der Waals surface area contributed by atoms with Crippen LogP contribution in [0, 0.1) is 0 Å². The SMILES string of the molecule is [B]SNC. The van der Waals surface area contributed by atoms with Crippen molar-refractivity contribution in [1.82, 2.24) is 4.72 Å². The highest BCUT2D eigenvalue weighted by Gasteiger charge is 1.50. The first kappa shape index (κ1) is 4.37. The fourth-order valence-electron chi connectivity index (χ4n) is 0. The van der Waals surface area contributed by atoms with Crippen LogP contribution in [0.4, 0.5) is 0 Å². The molecule has 1 N–H and O–H groups in total. The standard InChI is InChI=1S/CH4BNS/c1-3-4-2/h3H,1H3. The maximum atomic E-state index is 4.83. The van der Waals surface area contributed by atoms with E-state index in [1.165, 1.54) is 0 Å². The molecule has 22 valence electrons. The molecule has 0 saturated heterocycles. The number of nitrogens with one attached hydrogen (secondary N) is 1. The molecule has 0 aromatic carbocycles. The van der Waals surface area contributed by atoms with Gasteiger partial charge in [0.05, 0.1) is 0 Å². The zero-order valence-electron chi connectivity index (χ0n) is 2.49. The molecule has 0 atom stereocenters. The third-order valence-electron chi connectivity index (χ3n) is 0.118. The molecule has 0 aliphatic rings. The third-order valence-corrected chi connectivity index (χ3v) is 0.354. The molecule has 0 aromatic heterocycles. The molecule has 0 amide bonds. The van der Waals surface area contributed by atoms with Gasteiger partial charge in [-0.05, 0) is 7.05 Å². The molecule has 1 nitrogen and oxygen atoms in total. The van der Waals surface area contributed by atoms with Gasteiger partial charge in [0.15, 0.2) is 7.12 Å². The largest absolute Gasteiger partial charge is 0.278 e. The van der Waals surface area contributed by atoms with E-state index in [9.17, 15) is 0 Å². The van der Waals surface area contributed by atoms with E-state index in [2.05, 4.69) is 4.72 Å². The minimum Gasteiger partial charge on any atom is -0.278 e. The Morgan fingerprint density at radius 2 is 2.25 bits per heavy atom. The Balaban J connectivity index is 1.97. The van der Waals surface area contributed by atoms with Crippen LogP contribution in [-0.2, 0) is 0 Å². The second kappa shape index (κ2) is 3.37. The Bertz CT molecular complexity index is 10.0. The van der Waals surface area contributed by atoms with Gasteiger partial charge in [0.2, 0.25) is 0 Å². The van der Waals surface area contributed by atoms with E-state index in [-0.39, 0.29) is 0 Å². The molecule has 0 fully saturated rings. The van der Waals surface area contributed by atoms with Gasteiger partial charge in [0, 0.05) is 0 Å². The van der Waals surface area contributed by atoms with Crippen molar-refractivity contribution in [3.05, 3.63) is 0 Å². The summed E-state index contributed by atoms with van der Waals surface area (Å²) in [6.45, 7) is 0. The second-order valence-electron chi connectivity index (χ2n) is 0.322. The summed E-state index contributed by atoms with van der Waals surface area (Å²) in [6.07, 6.45) is 0. The first-order valence-electron chi connectivity index (χ1n) is 0.940. The van der Waals surface area contributed by atoms with E-state index in [1.54, 1.807) is 7.05 Å². The Hall–Kier alpha value is 0.375. The predicted octanol–water partition coefficient (Wildman–Crippen LogP) is -0.0625. The molecule has 0 saturated carbocycles. The molecular weight excluding hydrogens is 68.9 g/mol. The molecule has 0 aliphatic heterocycles. The first-order chi connectivity index (χ1) is 1.91. The highest BCUT2D eigenvalue weighted by Crippen LogP contribution is 1.68. The Morgan fingerprint density at radius 3 is 2.25 bits per heavy atom. The molecule has 0 spiro atoms. The minimum absolute atomic E-state index is 1.11. The molecular formula is CH4BNS. The van der Waals surface area contributed by atoms with Crippen LogP contribution in [0.5, 0.6) is 0 Å². The lowest BCUT2D eigenvalue weighted by molar-refractivity contribution is 1.31. The number of hydrogen-bond donors (Lipinski definition) is 1. The lowest BCUT2D eigenvalue weighted by Gasteiger charge is -1.76. The summed E-state index contributed by atoms with van der Waals surface area (Å²) in [7, 11) is 6.60. The molecule has 3 heteroatoms. The number of rotatable bonds is 1. The van der Waals surface area contributed by atoms with Gasteiger partial charge in [-0.1, -0.05) is 0 Å². The maximum Gasteiger partial charge on any atom is 0.184 e. The highest BCUT2D eigenvalue weighted by atomic mass is 32.2. The van der Waals surface area contributed by atoms with Gasteiger partial charge in [-0.2, -0.15) is 11.8 Å². The molecule has 0 aromatic rings. The van der Waals surface area contributed by atoms with Crippen molar-refractivity contribution in [2.45, 2.75) is 0 Å². The van der Waals surface area contributed by atoms with Crippen molar-refractivity contribution < 1.29 is 0 Å². The summed E-state index contributed by atoms with van der Waals surface area (Å²) in [5, 5.41) is 0. The van der Waals surface area contributed by atoms with Crippen LogP contribution in [0.15, 0.2) is 0 Å². The van der Waals surface area contributed by atoms with Crippen LogP contribution in [0.2, 0.25) is 0 Å². The van der Waals surface area contributed by atoms with E-state index < -0.39 is 0 Å². The topological polar surface area (TPSA) is 12.0 Å². The fourth-order valence-corrected chi connectivity index (χ4v) is 0. The van der Waals surface area contributed by atoms with Gasteiger partial charge in [-0.15, -0.1) is 0 Å². The summed E-state index contributed by atoms with van der Waals surface area (Å²) in [6, 6.07) is 0. The Labute approximate surface area is 31.6 Å². The molecule has 4 heavy (non-hydrogen) atoms. The summed E-state index contributed by atoms with van der Waals surface area (Å²) in [4.78, 5) is 0. The van der Waals surface area contributed by atoms with Crippen LogP contribution < -0.4 is 4.72 Å². The molecule has 0 unspecified atom stereocenters. The predicted molar refractivity (Wildman–Crippen MR) is 22.4 cm³/mol. The van der Waals surface area contributed by atoms with Crippen LogP contribution in [-0.4, -0.2) is 14.2 Å². The van der Waals surface area contributed by atoms with Gasteiger partial charge in [0.1, 0.15) is 0 Å². The quantitative estimate of drug-likeness (QED) is 0.344. The summed E-state index contributed by atoms with van der Waals surface area (Å²) in [5.74, 6) is 0. The normalized spacial score (nSPS) is 7.25. The van der Waals surface area contributed by atoms with Gasteiger partial charge in [-0.25, -0.2) is 0 Å². The van der Waals surface area contributed by atoms with Crippen molar-refractivity contribution in [1.29, 1.82) is 0 Å². The van der Waals surface area contributed by atoms with E-state index in [0.29, 0.717) is 0 Å². The van der Waals surface area contributed by atoms with E-state index in [0.717, 1.165) is 11.8 Å². The number of hydrogen-bond acceptors (Lipinski definition) is 2. The van der Waals surface area contributed by atoms with Gasteiger partial charge < -0.3 is 0 Å². The van der Waals surface area contributed by atoms with Gasteiger partial charge in [-0.3, -0.25) is 4.72 Å². The van der Waals surface area contributed by atoms with Gasteiger partial charge >= 0.3 is 0 Å². The van der Waals surface area contributed by atoms with E-state index >= 15 is 0 Å². The smallest absolute Gasteiger partial charge is 0.184 e. The molecule has 0 aliphatic carbocycles. The second-order valence-corrected chi connectivity index (χ2v) is 0.966. The highest BCUT2D eigenvalue weighted by molar-refractivity contribution is 8.18. The zero-order valence-corrected chi connectivity index (χ0v) is 3.30. The van der Waals surface area contributed by atoms with Crippen LogP contribution in [0.25, 0.3) is 0 Å². The van der Waals surface area contributed by atoms with Crippen molar-refractivity contribution in [2.24, 2.45) is 0 Å². The van der Waals surface area contributed by atoms with Crippen LogP contribution >= 0.6 is 11.8 Å². The maximum absolute atomic E-state index is 4.83. The molecule has 0 heterocycles. The van der Waals surface area contributed by atoms with Crippen molar-refractivity contribution in [3.63, 3.8) is 0 Å². The summed E-state index contributed by atoms with van der Waals surface area (Å²) in [5.41, 5.74) is 0. The average Bonchev–Trinajstić information content (AvgIpc) is 1.37. The third kappa shape index (κ3) is 2.37. The van der Waals surface area contributed by atoms with Crippen LogP contribution in [0.3, 0.4) is 0 Å². The minimum atomic E-state index is 1.11. The Morgan fingerprint density at radius 1 is 2.00 bits per heavy atom. The fraction of sp³-hybridized carbons (Fsp3) is 1.00. The van der Waals surface area contributed by atoms with E-state index in [4.69, 9.17) is 7.12 Å². The lowest BCUT2D eigenvalue weighted by atomic mass is 10.8. The van der Waals surface area contributed by atoms with Crippen molar-refractivity contribution >= 4 is 18.9 Å². The van der Waals surface area contributed by atoms with Crippen molar-refractivity contribution in [2.75, 3.05) is 7.05 Å². The van der Waals surface area contributed by atoms with E-state index in [1.807, 2.05) is 0 Å². The summed E-state index contributed by atoms with van der Waals surface area (Å²) >= 11 is 1.11. The monoisotopic (exact) mass is 73.0 g/mol. The van der Waals surface area contributed by atoms with Gasteiger partial charge in [0.25, 0.3) is 0 Å². The first-order valence-corrected chi connectivity index (χ1v) is 1.82. The molecule has 2 radical (unpaired) electrons. The summed E-state index contributed by atoms with van der Waals surface area (Å²) < 4.78 is 2.62. The van der Waals surface area contributed by atoms with Crippen molar-refractivity contribution in [3.8, 4) is 0 Å². The lowest BCUT2D eigenvalue weighted by Crippen LogP contribution is -1.86. The molecule has 0 rings (SSSR count). The molecule has 0 bridgehead atoms. The zero-order chi connectivity index (χ0) is 3.41. The van der Waals surface area contributed by atoms with Crippen LogP contribution in [0.1, 0.15) is 0 Å². The average molecular weight is 72.9 g/mol. The Kier molecular flexibility index (Phi) is 3.69.